The van der Waals surface area contributed by atoms with E-state index in [-0.39, 0.29) is 18.3 Å². The van der Waals surface area contributed by atoms with Crippen LogP contribution in [0.4, 0.5) is 0 Å². The lowest BCUT2D eigenvalue weighted by Gasteiger charge is -2.09. The maximum Gasteiger partial charge on any atom is 0.325 e. The van der Waals surface area contributed by atoms with Crippen LogP contribution in [0, 0.1) is 0 Å². The zero-order valence-electron chi connectivity index (χ0n) is 14.6. The molecule has 0 fully saturated rings. The summed E-state index contributed by atoms with van der Waals surface area (Å²) in [6, 6.07) is 16.0. The van der Waals surface area contributed by atoms with E-state index < -0.39 is 11.9 Å². The Morgan fingerprint density at radius 2 is 1.93 bits per heavy atom. The summed E-state index contributed by atoms with van der Waals surface area (Å²) in [5.74, 6) is -0.407. The second kappa shape index (κ2) is 8.51. The number of amides is 1. The number of hydrogen-bond donors (Lipinski definition) is 1. The first kappa shape index (κ1) is 18.7. The van der Waals surface area contributed by atoms with Gasteiger partial charge in [-0.05, 0) is 30.3 Å². The maximum absolute atomic E-state index is 12.1. The average Bonchev–Trinajstić information content (AvgIpc) is 2.70. The lowest BCUT2D eigenvalue weighted by Crippen LogP contribution is -2.30. The Kier molecular flexibility index (Phi) is 5.88. The maximum atomic E-state index is 12.1. The molecule has 7 heteroatoms. The molecule has 3 rings (SSSR count). The van der Waals surface area contributed by atoms with Crippen molar-refractivity contribution in [2.75, 3.05) is 13.7 Å². The van der Waals surface area contributed by atoms with Crippen LogP contribution in [0.3, 0.4) is 0 Å². The number of methoxy groups -OCH3 is 1. The number of pyridine rings is 1. The number of nitrogens with one attached hydrogen (secondary N) is 1. The number of rotatable bonds is 6. The number of esters is 1. The van der Waals surface area contributed by atoms with Crippen molar-refractivity contribution in [2.24, 2.45) is 0 Å². The number of carbonyl (C=O) groups is 2. The van der Waals surface area contributed by atoms with Gasteiger partial charge in [-0.2, -0.15) is 0 Å². The highest BCUT2D eigenvalue weighted by molar-refractivity contribution is 6.30. The van der Waals surface area contributed by atoms with E-state index in [1.165, 1.54) is 7.11 Å². The van der Waals surface area contributed by atoms with Crippen LogP contribution in [0.2, 0.25) is 5.15 Å². The molecule has 3 aromatic rings. The largest absolute Gasteiger partial charge is 0.497 e. The minimum atomic E-state index is -0.574. The Balaban J connectivity index is 1.55. The van der Waals surface area contributed by atoms with E-state index in [9.17, 15) is 9.59 Å². The van der Waals surface area contributed by atoms with Gasteiger partial charge in [-0.3, -0.25) is 9.59 Å². The number of hydrogen-bond acceptors (Lipinski definition) is 5. The van der Waals surface area contributed by atoms with Gasteiger partial charge in [-0.1, -0.05) is 35.9 Å². The van der Waals surface area contributed by atoms with Crippen molar-refractivity contribution >= 4 is 34.4 Å². The van der Waals surface area contributed by atoms with Crippen molar-refractivity contribution in [3.8, 4) is 5.75 Å². The molecule has 1 aromatic heterocycles. The molecule has 2 aromatic carbocycles. The highest BCUT2D eigenvalue weighted by atomic mass is 35.5. The van der Waals surface area contributed by atoms with Crippen molar-refractivity contribution in [1.82, 2.24) is 10.3 Å². The van der Waals surface area contributed by atoms with Gasteiger partial charge in [0, 0.05) is 16.5 Å². The van der Waals surface area contributed by atoms with Gasteiger partial charge in [0.1, 0.15) is 24.1 Å². The van der Waals surface area contributed by atoms with Crippen molar-refractivity contribution in [1.29, 1.82) is 0 Å². The SMILES string of the molecule is COc1cccc(C(=O)NCC(=O)OCc2cc3ccccc3nc2Cl)c1. The van der Waals surface area contributed by atoms with E-state index in [1.54, 1.807) is 24.3 Å². The van der Waals surface area contributed by atoms with Crippen LogP contribution >= 0.6 is 11.6 Å². The lowest BCUT2D eigenvalue weighted by atomic mass is 10.2. The van der Waals surface area contributed by atoms with E-state index in [1.807, 2.05) is 30.3 Å². The third-order valence-corrected chi connectivity index (χ3v) is 4.19. The molecule has 0 spiro atoms. The monoisotopic (exact) mass is 384 g/mol. The van der Waals surface area contributed by atoms with E-state index in [2.05, 4.69) is 10.3 Å². The van der Waals surface area contributed by atoms with Gasteiger partial charge < -0.3 is 14.8 Å². The molecule has 6 nitrogen and oxygen atoms in total. The molecule has 138 valence electrons. The second-order valence-corrected chi connectivity index (χ2v) is 6.06. The molecule has 0 bridgehead atoms. The average molecular weight is 385 g/mol. The first-order valence-electron chi connectivity index (χ1n) is 8.19. The van der Waals surface area contributed by atoms with Gasteiger partial charge in [0.05, 0.1) is 12.6 Å². The normalized spacial score (nSPS) is 10.4. The third kappa shape index (κ3) is 4.74. The molecule has 0 aliphatic heterocycles. The van der Waals surface area contributed by atoms with Crippen LogP contribution in [-0.4, -0.2) is 30.5 Å². The number of aromatic nitrogens is 1. The summed E-state index contributed by atoms with van der Waals surface area (Å²) in [5.41, 5.74) is 1.76. The van der Waals surface area contributed by atoms with E-state index in [0.29, 0.717) is 16.9 Å². The Hall–Kier alpha value is -3.12. The fourth-order valence-corrected chi connectivity index (χ4v) is 2.67. The summed E-state index contributed by atoms with van der Waals surface area (Å²) in [5, 5.41) is 3.69. The molecular formula is C20H17ClN2O4. The number of nitrogens with zero attached hydrogens (tertiary/aromatic N) is 1. The fraction of sp³-hybridized carbons (Fsp3) is 0.150. The van der Waals surface area contributed by atoms with Gasteiger partial charge >= 0.3 is 5.97 Å². The molecule has 0 radical (unpaired) electrons. The van der Waals surface area contributed by atoms with E-state index in [0.717, 1.165) is 10.9 Å². The standard InChI is InChI=1S/C20H17ClN2O4/c1-26-16-7-4-6-14(10-16)20(25)22-11-18(24)27-12-15-9-13-5-2-3-8-17(13)23-19(15)21/h2-10H,11-12H2,1H3,(H,22,25). The minimum absolute atomic E-state index is 0.0233. The third-order valence-electron chi connectivity index (χ3n) is 3.86. The summed E-state index contributed by atoms with van der Waals surface area (Å²) in [7, 11) is 1.52. The Labute approximate surface area is 161 Å². The Morgan fingerprint density at radius 1 is 1.11 bits per heavy atom. The zero-order valence-corrected chi connectivity index (χ0v) is 15.3. The predicted octanol–water partition coefficient (Wildman–Crippen LogP) is 3.37. The molecule has 0 saturated carbocycles. The molecular weight excluding hydrogens is 368 g/mol. The molecule has 0 unspecified atom stereocenters. The van der Waals surface area contributed by atoms with E-state index >= 15 is 0 Å². The summed E-state index contributed by atoms with van der Waals surface area (Å²) in [4.78, 5) is 28.3. The van der Waals surface area contributed by atoms with Gasteiger partial charge in [-0.15, -0.1) is 0 Å². The van der Waals surface area contributed by atoms with Gasteiger partial charge in [0.2, 0.25) is 0 Å². The van der Waals surface area contributed by atoms with Crippen LogP contribution in [-0.2, 0) is 16.1 Å². The van der Waals surface area contributed by atoms with Gasteiger partial charge in [0.25, 0.3) is 5.91 Å². The van der Waals surface area contributed by atoms with Gasteiger partial charge in [0.15, 0.2) is 0 Å². The molecule has 0 aliphatic rings. The number of fused-ring (bicyclic) bond motifs is 1. The van der Waals surface area contributed by atoms with Crippen LogP contribution in [0.25, 0.3) is 10.9 Å². The summed E-state index contributed by atoms with van der Waals surface area (Å²) in [6.07, 6.45) is 0. The predicted molar refractivity (Wildman–Crippen MR) is 102 cm³/mol. The van der Waals surface area contributed by atoms with Crippen LogP contribution < -0.4 is 10.1 Å². The van der Waals surface area contributed by atoms with Gasteiger partial charge in [-0.25, -0.2) is 4.98 Å². The first-order valence-corrected chi connectivity index (χ1v) is 8.56. The van der Waals surface area contributed by atoms with Crippen LogP contribution in [0.1, 0.15) is 15.9 Å². The highest BCUT2D eigenvalue weighted by Crippen LogP contribution is 2.21. The number of carbonyl (C=O) groups excluding carboxylic acids is 2. The smallest absolute Gasteiger partial charge is 0.325 e. The van der Waals surface area contributed by atoms with Crippen molar-refractivity contribution in [3.63, 3.8) is 0 Å². The highest BCUT2D eigenvalue weighted by Gasteiger charge is 2.11. The zero-order chi connectivity index (χ0) is 19.2. The topological polar surface area (TPSA) is 77.5 Å². The fourth-order valence-electron chi connectivity index (χ4n) is 2.47. The van der Waals surface area contributed by atoms with Crippen molar-refractivity contribution in [2.45, 2.75) is 6.61 Å². The number of para-hydroxylation sites is 1. The first-order chi connectivity index (χ1) is 13.1. The van der Waals surface area contributed by atoms with Crippen LogP contribution in [0.15, 0.2) is 54.6 Å². The summed E-state index contributed by atoms with van der Waals surface area (Å²) >= 11 is 6.14. The second-order valence-electron chi connectivity index (χ2n) is 5.71. The molecule has 0 atom stereocenters. The number of halogens is 1. The Bertz CT molecular complexity index is 991. The summed E-state index contributed by atoms with van der Waals surface area (Å²) < 4.78 is 10.3. The van der Waals surface area contributed by atoms with Crippen molar-refractivity contribution < 1.29 is 19.1 Å². The molecule has 1 N–H and O–H groups in total. The Morgan fingerprint density at radius 3 is 2.74 bits per heavy atom. The van der Waals surface area contributed by atoms with Crippen LogP contribution in [0.5, 0.6) is 5.75 Å². The lowest BCUT2D eigenvalue weighted by molar-refractivity contribution is -0.143. The molecule has 1 amide bonds. The van der Waals surface area contributed by atoms with Crippen molar-refractivity contribution in [3.05, 3.63) is 70.9 Å². The molecule has 1 heterocycles. The number of benzene rings is 2. The quantitative estimate of drug-likeness (QED) is 0.520. The minimum Gasteiger partial charge on any atom is -0.497 e. The number of ether oxygens (including phenoxy) is 2. The van der Waals surface area contributed by atoms with E-state index in [4.69, 9.17) is 21.1 Å². The molecule has 27 heavy (non-hydrogen) atoms. The molecule has 0 aliphatic carbocycles. The summed E-state index contributed by atoms with van der Waals surface area (Å²) in [6.45, 7) is -0.279. The molecule has 0 saturated heterocycles.